The Morgan fingerprint density at radius 2 is 1.62 bits per heavy atom. The maximum Gasteiger partial charge on any atom is 0.0818 e. The molecule has 1 atom stereocenters. The van der Waals surface area contributed by atoms with Crippen LogP contribution >= 0.6 is 0 Å². The van der Waals surface area contributed by atoms with Crippen LogP contribution in [0.2, 0.25) is 0 Å². The van der Waals surface area contributed by atoms with Gasteiger partial charge in [0, 0.05) is 0 Å². The van der Waals surface area contributed by atoms with Crippen molar-refractivity contribution in [3.05, 3.63) is 35.4 Å². The predicted molar refractivity (Wildman–Crippen MR) is 69.6 cm³/mol. The van der Waals surface area contributed by atoms with E-state index in [1.54, 1.807) is 0 Å². The van der Waals surface area contributed by atoms with Gasteiger partial charge in [-0.15, -0.1) is 0 Å². The molecule has 0 spiro atoms. The lowest BCUT2D eigenvalue weighted by Gasteiger charge is -2.21. The number of rotatable bonds is 5. The molecular formula is C15H24O. The quantitative estimate of drug-likeness (QED) is 0.785. The predicted octanol–water partition coefficient (Wildman–Crippen LogP) is 4.28. The zero-order chi connectivity index (χ0) is 12.1. The van der Waals surface area contributed by atoms with E-state index in [0.29, 0.717) is 11.8 Å². The fourth-order valence-corrected chi connectivity index (χ4v) is 2.11. The van der Waals surface area contributed by atoms with Crippen molar-refractivity contribution in [3.8, 4) is 0 Å². The molecule has 0 aliphatic carbocycles. The lowest BCUT2D eigenvalue weighted by molar-refractivity contribution is 0.103. The van der Waals surface area contributed by atoms with Crippen molar-refractivity contribution in [3.63, 3.8) is 0 Å². The first-order valence-electron chi connectivity index (χ1n) is 6.38. The van der Waals surface area contributed by atoms with Crippen LogP contribution < -0.4 is 0 Å². The summed E-state index contributed by atoms with van der Waals surface area (Å²) in [7, 11) is 0. The zero-order valence-corrected chi connectivity index (χ0v) is 10.9. The van der Waals surface area contributed by atoms with Gasteiger partial charge in [-0.05, 0) is 23.0 Å². The van der Waals surface area contributed by atoms with E-state index in [-0.39, 0.29) is 6.10 Å². The molecule has 0 amide bonds. The molecule has 1 nitrogen and oxygen atoms in total. The Hall–Kier alpha value is -0.820. The topological polar surface area (TPSA) is 20.2 Å². The maximum atomic E-state index is 10.3. The monoisotopic (exact) mass is 220 g/mol. The summed E-state index contributed by atoms with van der Waals surface area (Å²) in [6.45, 7) is 8.65. The molecule has 1 unspecified atom stereocenters. The van der Waals surface area contributed by atoms with Crippen molar-refractivity contribution in [2.75, 3.05) is 0 Å². The molecule has 90 valence electrons. The van der Waals surface area contributed by atoms with Gasteiger partial charge in [0.2, 0.25) is 0 Å². The van der Waals surface area contributed by atoms with E-state index in [4.69, 9.17) is 0 Å². The SMILES string of the molecule is CCC(CC)C(O)c1cccc(C(C)C)c1. The average Bonchev–Trinajstić information content (AvgIpc) is 2.30. The minimum Gasteiger partial charge on any atom is -0.388 e. The summed E-state index contributed by atoms with van der Waals surface area (Å²) < 4.78 is 0. The van der Waals surface area contributed by atoms with Crippen LogP contribution in [-0.2, 0) is 0 Å². The average molecular weight is 220 g/mol. The van der Waals surface area contributed by atoms with Gasteiger partial charge < -0.3 is 5.11 Å². The summed E-state index contributed by atoms with van der Waals surface area (Å²) in [5, 5.41) is 10.3. The second kappa shape index (κ2) is 6.05. The van der Waals surface area contributed by atoms with E-state index < -0.39 is 0 Å². The Balaban J connectivity index is 2.90. The van der Waals surface area contributed by atoms with Gasteiger partial charge in [0.15, 0.2) is 0 Å². The van der Waals surface area contributed by atoms with Gasteiger partial charge in [-0.1, -0.05) is 64.8 Å². The highest BCUT2D eigenvalue weighted by Gasteiger charge is 2.17. The zero-order valence-electron chi connectivity index (χ0n) is 10.9. The molecule has 0 aliphatic heterocycles. The summed E-state index contributed by atoms with van der Waals surface area (Å²) in [6, 6.07) is 8.37. The van der Waals surface area contributed by atoms with Gasteiger partial charge in [-0.2, -0.15) is 0 Å². The van der Waals surface area contributed by atoms with Crippen LogP contribution in [0.5, 0.6) is 0 Å². The molecule has 0 heterocycles. The summed E-state index contributed by atoms with van der Waals surface area (Å²) in [4.78, 5) is 0. The third-order valence-electron chi connectivity index (χ3n) is 3.41. The molecule has 0 aliphatic rings. The highest BCUT2D eigenvalue weighted by molar-refractivity contribution is 5.27. The van der Waals surface area contributed by atoms with Crippen molar-refractivity contribution in [1.29, 1.82) is 0 Å². The van der Waals surface area contributed by atoms with E-state index in [9.17, 15) is 5.11 Å². The Kier molecular flexibility index (Phi) is 5.01. The fourth-order valence-electron chi connectivity index (χ4n) is 2.11. The molecule has 1 rings (SSSR count). The van der Waals surface area contributed by atoms with Crippen LogP contribution in [0.25, 0.3) is 0 Å². The highest BCUT2D eigenvalue weighted by atomic mass is 16.3. The van der Waals surface area contributed by atoms with Crippen molar-refractivity contribution < 1.29 is 5.11 Å². The molecule has 0 saturated heterocycles. The summed E-state index contributed by atoms with van der Waals surface area (Å²) in [6.07, 6.45) is 1.75. The normalized spacial score (nSPS) is 13.4. The van der Waals surface area contributed by atoms with Crippen LogP contribution in [0.1, 0.15) is 63.7 Å². The minimum atomic E-state index is -0.311. The molecule has 0 bridgehead atoms. The Bertz CT molecular complexity index is 313. The molecular weight excluding hydrogens is 196 g/mol. The first-order chi connectivity index (χ1) is 7.60. The molecule has 0 radical (unpaired) electrons. The van der Waals surface area contributed by atoms with E-state index in [2.05, 4.69) is 45.9 Å². The Morgan fingerprint density at radius 1 is 1.06 bits per heavy atom. The van der Waals surface area contributed by atoms with Crippen LogP contribution in [0.4, 0.5) is 0 Å². The van der Waals surface area contributed by atoms with Gasteiger partial charge in [0.1, 0.15) is 0 Å². The minimum absolute atomic E-state index is 0.311. The summed E-state index contributed by atoms with van der Waals surface area (Å²) >= 11 is 0. The maximum absolute atomic E-state index is 10.3. The lowest BCUT2D eigenvalue weighted by atomic mass is 9.89. The van der Waals surface area contributed by atoms with Gasteiger partial charge >= 0.3 is 0 Å². The molecule has 1 N–H and O–H groups in total. The highest BCUT2D eigenvalue weighted by Crippen LogP contribution is 2.28. The number of aliphatic hydroxyl groups is 1. The summed E-state index contributed by atoms with van der Waals surface area (Å²) in [5.41, 5.74) is 2.38. The van der Waals surface area contributed by atoms with Crippen molar-refractivity contribution in [1.82, 2.24) is 0 Å². The Labute approximate surface area is 99.5 Å². The van der Waals surface area contributed by atoms with Crippen LogP contribution in [-0.4, -0.2) is 5.11 Å². The van der Waals surface area contributed by atoms with Gasteiger partial charge in [0.05, 0.1) is 6.10 Å². The van der Waals surface area contributed by atoms with Gasteiger partial charge in [0.25, 0.3) is 0 Å². The van der Waals surface area contributed by atoms with Gasteiger partial charge in [-0.3, -0.25) is 0 Å². The van der Waals surface area contributed by atoms with Crippen LogP contribution in [0, 0.1) is 5.92 Å². The van der Waals surface area contributed by atoms with Crippen molar-refractivity contribution in [2.24, 2.45) is 5.92 Å². The molecule has 0 aromatic heterocycles. The second-order valence-electron chi connectivity index (χ2n) is 4.85. The number of hydrogen-bond acceptors (Lipinski definition) is 1. The summed E-state index contributed by atoms with van der Waals surface area (Å²) in [5.74, 6) is 0.899. The smallest absolute Gasteiger partial charge is 0.0818 e. The molecule has 16 heavy (non-hydrogen) atoms. The van der Waals surface area contributed by atoms with Crippen LogP contribution in [0.3, 0.4) is 0 Å². The first kappa shape index (κ1) is 13.2. The third kappa shape index (κ3) is 3.08. The third-order valence-corrected chi connectivity index (χ3v) is 3.41. The standard InChI is InChI=1S/C15H24O/c1-5-12(6-2)15(16)14-9-7-8-13(10-14)11(3)4/h7-12,15-16H,5-6H2,1-4H3. The molecule has 1 aromatic rings. The molecule has 1 aromatic carbocycles. The van der Waals surface area contributed by atoms with E-state index in [0.717, 1.165) is 18.4 Å². The Morgan fingerprint density at radius 3 is 2.12 bits per heavy atom. The van der Waals surface area contributed by atoms with Gasteiger partial charge in [-0.25, -0.2) is 0 Å². The largest absolute Gasteiger partial charge is 0.388 e. The van der Waals surface area contributed by atoms with Crippen molar-refractivity contribution in [2.45, 2.75) is 52.6 Å². The first-order valence-corrected chi connectivity index (χ1v) is 6.38. The van der Waals surface area contributed by atoms with E-state index in [1.807, 2.05) is 6.07 Å². The molecule has 0 saturated carbocycles. The number of aliphatic hydroxyl groups excluding tert-OH is 1. The lowest BCUT2D eigenvalue weighted by Crippen LogP contribution is -2.11. The second-order valence-corrected chi connectivity index (χ2v) is 4.85. The van der Waals surface area contributed by atoms with Crippen molar-refractivity contribution >= 4 is 0 Å². The molecule has 0 fully saturated rings. The van der Waals surface area contributed by atoms with Crippen LogP contribution in [0.15, 0.2) is 24.3 Å². The number of benzene rings is 1. The fraction of sp³-hybridized carbons (Fsp3) is 0.600. The van der Waals surface area contributed by atoms with E-state index in [1.165, 1.54) is 5.56 Å². The number of hydrogen-bond donors (Lipinski definition) is 1. The van der Waals surface area contributed by atoms with E-state index >= 15 is 0 Å². The molecule has 1 heteroatoms.